The molecule has 1 unspecified atom stereocenters. The minimum atomic E-state index is 0.0204. The summed E-state index contributed by atoms with van der Waals surface area (Å²) in [5.74, 6) is 0.841. The van der Waals surface area contributed by atoms with Crippen LogP contribution in [0.25, 0.3) is 11.3 Å². The summed E-state index contributed by atoms with van der Waals surface area (Å²) < 4.78 is 6.30. The van der Waals surface area contributed by atoms with Crippen LogP contribution in [0, 0.1) is 0 Å². The molecule has 0 bridgehead atoms. The van der Waals surface area contributed by atoms with Crippen molar-refractivity contribution in [2.24, 2.45) is 0 Å². The summed E-state index contributed by atoms with van der Waals surface area (Å²) >= 11 is 5.98. The van der Waals surface area contributed by atoms with Crippen LogP contribution in [0.2, 0.25) is 5.02 Å². The Morgan fingerprint density at radius 1 is 1.12 bits per heavy atom. The van der Waals surface area contributed by atoms with Crippen LogP contribution < -0.4 is 4.74 Å². The topological polar surface area (TPSA) is 38.2 Å². The number of hydrogen-bond donors (Lipinski definition) is 0. The van der Waals surface area contributed by atoms with Gasteiger partial charge in [0.05, 0.1) is 5.69 Å². The Bertz CT molecular complexity index is 884. The fourth-order valence-corrected chi connectivity index (χ4v) is 3.46. The molecule has 4 nitrogen and oxygen atoms in total. The molecule has 1 aliphatic rings. The number of benzene rings is 2. The molecule has 4 rings (SSSR count). The van der Waals surface area contributed by atoms with Crippen molar-refractivity contribution < 1.29 is 4.74 Å². The highest BCUT2D eigenvalue weighted by Gasteiger charge is 2.23. The number of halogens is 1. The van der Waals surface area contributed by atoms with Gasteiger partial charge < -0.3 is 9.64 Å². The van der Waals surface area contributed by atoms with Crippen LogP contribution in [-0.4, -0.2) is 28.7 Å². The van der Waals surface area contributed by atoms with Gasteiger partial charge in [-0.05, 0) is 60.6 Å². The van der Waals surface area contributed by atoms with E-state index in [0.29, 0.717) is 5.02 Å². The molecule has 0 spiro atoms. The second kappa shape index (κ2) is 7.44. The molecule has 1 aliphatic heterocycles. The van der Waals surface area contributed by atoms with E-state index in [1.807, 2.05) is 36.4 Å². The van der Waals surface area contributed by atoms with Crippen LogP contribution in [0.4, 0.5) is 0 Å². The Balaban J connectivity index is 1.67. The molecule has 132 valence electrons. The first-order chi connectivity index (χ1) is 12.7. The summed E-state index contributed by atoms with van der Waals surface area (Å²) in [6.07, 6.45) is 2.65. The van der Waals surface area contributed by atoms with Crippen molar-refractivity contribution in [1.29, 1.82) is 0 Å². The maximum absolute atomic E-state index is 6.30. The lowest BCUT2D eigenvalue weighted by molar-refractivity contribution is 0.182. The van der Waals surface area contributed by atoms with Crippen LogP contribution in [0.3, 0.4) is 0 Å². The van der Waals surface area contributed by atoms with Crippen molar-refractivity contribution in [2.45, 2.75) is 19.1 Å². The van der Waals surface area contributed by atoms with Gasteiger partial charge in [0.25, 0.3) is 0 Å². The second-order valence-electron chi connectivity index (χ2n) is 6.61. The summed E-state index contributed by atoms with van der Waals surface area (Å²) in [6.45, 7) is 1.87. The molecule has 2 aromatic carbocycles. The minimum Gasteiger partial charge on any atom is -0.486 e. The van der Waals surface area contributed by atoms with Crippen molar-refractivity contribution in [3.63, 3.8) is 0 Å². The standard InChI is InChI=1S/C21H20ClN3O/c1-25-12-10-21(26-18-7-5-17(22)6-8-18)19-9-4-15(13-16(19)14-25)20-3-2-11-23-24-20/h2-9,11,13,21H,10,12,14H2,1H3. The predicted octanol–water partition coefficient (Wildman–Crippen LogP) is 4.75. The lowest BCUT2D eigenvalue weighted by Gasteiger charge is -2.20. The zero-order valence-electron chi connectivity index (χ0n) is 14.6. The van der Waals surface area contributed by atoms with Crippen molar-refractivity contribution in [2.75, 3.05) is 13.6 Å². The Morgan fingerprint density at radius 3 is 2.73 bits per heavy atom. The summed E-state index contributed by atoms with van der Waals surface area (Å²) in [5, 5.41) is 8.93. The number of nitrogens with zero attached hydrogens (tertiary/aromatic N) is 3. The molecule has 0 N–H and O–H groups in total. The van der Waals surface area contributed by atoms with Crippen LogP contribution in [0.15, 0.2) is 60.8 Å². The first-order valence-corrected chi connectivity index (χ1v) is 9.08. The zero-order chi connectivity index (χ0) is 17.9. The highest BCUT2D eigenvalue weighted by atomic mass is 35.5. The molecule has 5 heteroatoms. The van der Waals surface area contributed by atoms with E-state index < -0.39 is 0 Å². The molecule has 0 aliphatic carbocycles. The second-order valence-corrected chi connectivity index (χ2v) is 7.05. The summed E-state index contributed by atoms with van der Waals surface area (Å²) in [6, 6.07) is 17.9. The van der Waals surface area contributed by atoms with Gasteiger partial charge in [-0.2, -0.15) is 10.2 Å². The van der Waals surface area contributed by atoms with Crippen molar-refractivity contribution in [3.8, 4) is 17.0 Å². The Labute approximate surface area is 158 Å². The lowest BCUT2D eigenvalue weighted by atomic mass is 9.97. The van der Waals surface area contributed by atoms with E-state index in [2.05, 4.69) is 40.3 Å². The average Bonchev–Trinajstić information content (AvgIpc) is 2.82. The van der Waals surface area contributed by atoms with Gasteiger partial charge in [-0.1, -0.05) is 23.7 Å². The maximum Gasteiger partial charge on any atom is 0.125 e. The molecule has 0 amide bonds. The monoisotopic (exact) mass is 365 g/mol. The quantitative estimate of drug-likeness (QED) is 0.671. The SMILES string of the molecule is CN1CCC(Oc2ccc(Cl)cc2)c2ccc(-c3cccnn3)cc2C1. The molecular weight excluding hydrogens is 346 g/mol. The third-order valence-electron chi connectivity index (χ3n) is 4.66. The van der Waals surface area contributed by atoms with Gasteiger partial charge in [-0.15, -0.1) is 0 Å². The summed E-state index contributed by atoms with van der Waals surface area (Å²) in [5.41, 5.74) is 4.47. The minimum absolute atomic E-state index is 0.0204. The van der Waals surface area contributed by atoms with E-state index >= 15 is 0 Å². The molecule has 1 atom stereocenters. The number of aromatic nitrogens is 2. The van der Waals surface area contributed by atoms with Gasteiger partial charge >= 0.3 is 0 Å². The largest absolute Gasteiger partial charge is 0.486 e. The molecule has 0 saturated heterocycles. The normalized spacial score (nSPS) is 17.4. The third-order valence-corrected chi connectivity index (χ3v) is 4.92. The highest BCUT2D eigenvalue weighted by Crippen LogP contribution is 2.33. The maximum atomic E-state index is 6.30. The molecule has 0 radical (unpaired) electrons. The van der Waals surface area contributed by atoms with Crippen LogP contribution in [0.1, 0.15) is 23.7 Å². The zero-order valence-corrected chi connectivity index (χ0v) is 15.4. The highest BCUT2D eigenvalue weighted by molar-refractivity contribution is 6.30. The van der Waals surface area contributed by atoms with Gasteiger partial charge in [0.1, 0.15) is 11.9 Å². The van der Waals surface area contributed by atoms with Gasteiger partial charge in [-0.3, -0.25) is 0 Å². The van der Waals surface area contributed by atoms with E-state index in [1.54, 1.807) is 6.20 Å². The van der Waals surface area contributed by atoms with Crippen LogP contribution in [-0.2, 0) is 6.54 Å². The average molecular weight is 366 g/mol. The Morgan fingerprint density at radius 2 is 1.96 bits per heavy atom. The van der Waals surface area contributed by atoms with E-state index in [1.165, 1.54) is 11.1 Å². The first-order valence-electron chi connectivity index (χ1n) is 8.71. The van der Waals surface area contributed by atoms with Crippen LogP contribution in [0.5, 0.6) is 5.75 Å². The fraction of sp³-hybridized carbons (Fsp3) is 0.238. The molecule has 2 heterocycles. The molecule has 0 saturated carbocycles. The van der Waals surface area contributed by atoms with Gasteiger partial charge in [0, 0.05) is 36.3 Å². The van der Waals surface area contributed by atoms with E-state index in [-0.39, 0.29) is 6.10 Å². The van der Waals surface area contributed by atoms with E-state index in [9.17, 15) is 0 Å². The van der Waals surface area contributed by atoms with Crippen molar-refractivity contribution in [1.82, 2.24) is 15.1 Å². The number of fused-ring (bicyclic) bond motifs is 1. The van der Waals surface area contributed by atoms with Crippen LogP contribution >= 0.6 is 11.6 Å². The molecule has 1 aromatic heterocycles. The first kappa shape index (κ1) is 17.0. The molecule has 3 aromatic rings. The molecular formula is C21H20ClN3O. The van der Waals surface area contributed by atoms with Crippen molar-refractivity contribution in [3.05, 3.63) is 76.9 Å². The number of ether oxygens (including phenoxy) is 1. The Hall–Kier alpha value is -2.43. The van der Waals surface area contributed by atoms with E-state index in [4.69, 9.17) is 16.3 Å². The van der Waals surface area contributed by atoms with Gasteiger partial charge in [0.15, 0.2) is 0 Å². The number of rotatable bonds is 3. The summed E-state index contributed by atoms with van der Waals surface area (Å²) in [7, 11) is 2.14. The lowest BCUT2D eigenvalue weighted by Crippen LogP contribution is -2.18. The molecule has 0 fully saturated rings. The fourth-order valence-electron chi connectivity index (χ4n) is 3.33. The van der Waals surface area contributed by atoms with Gasteiger partial charge in [-0.25, -0.2) is 0 Å². The van der Waals surface area contributed by atoms with Crippen molar-refractivity contribution >= 4 is 11.6 Å². The summed E-state index contributed by atoms with van der Waals surface area (Å²) in [4.78, 5) is 2.32. The smallest absolute Gasteiger partial charge is 0.125 e. The molecule has 26 heavy (non-hydrogen) atoms. The van der Waals surface area contributed by atoms with Gasteiger partial charge in [0.2, 0.25) is 0 Å². The third kappa shape index (κ3) is 3.71. The Kier molecular flexibility index (Phi) is 4.87. The number of hydrogen-bond acceptors (Lipinski definition) is 4. The van der Waals surface area contributed by atoms with E-state index in [0.717, 1.165) is 36.5 Å². The predicted molar refractivity (Wildman–Crippen MR) is 103 cm³/mol.